The highest BCUT2D eigenvalue weighted by atomic mass is 127. The molecule has 2 fully saturated rings. The molecule has 0 aliphatic carbocycles. The maximum atomic E-state index is 4.59. The Morgan fingerprint density at radius 3 is 2.39 bits per heavy atom. The van der Waals surface area contributed by atoms with E-state index < -0.39 is 0 Å². The number of halogens is 1. The zero-order valence-electron chi connectivity index (χ0n) is 18.5. The predicted octanol–water partition coefficient (Wildman–Crippen LogP) is 3.58. The molecule has 1 aromatic heterocycles. The monoisotopic (exact) mass is 534 g/mol. The minimum absolute atomic E-state index is 0. The number of guanidine groups is 1. The van der Waals surface area contributed by atoms with Crippen LogP contribution >= 0.6 is 24.0 Å². The van der Waals surface area contributed by atoms with Gasteiger partial charge in [-0.1, -0.05) is 30.3 Å². The van der Waals surface area contributed by atoms with E-state index in [1.165, 1.54) is 30.4 Å². The van der Waals surface area contributed by atoms with E-state index in [4.69, 9.17) is 0 Å². The molecule has 0 spiro atoms. The topological polar surface area (TPSA) is 47.0 Å². The van der Waals surface area contributed by atoms with Crippen LogP contribution in [0.3, 0.4) is 0 Å². The van der Waals surface area contributed by atoms with E-state index in [9.17, 15) is 0 Å². The number of aromatic nitrogens is 1. The summed E-state index contributed by atoms with van der Waals surface area (Å²) in [6.07, 6.45) is 5.82. The third-order valence-corrected chi connectivity index (χ3v) is 6.07. The van der Waals surface area contributed by atoms with E-state index in [1.54, 1.807) is 0 Å². The van der Waals surface area contributed by atoms with Gasteiger partial charge in [0.05, 0.1) is 0 Å². The summed E-state index contributed by atoms with van der Waals surface area (Å²) < 4.78 is 0. The molecule has 2 aromatic rings. The minimum Gasteiger partial charge on any atom is -0.357 e. The number of hydrogen-bond acceptors (Lipinski definition) is 4. The summed E-state index contributed by atoms with van der Waals surface area (Å²) in [5.74, 6) is 2.10. The van der Waals surface area contributed by atoms with Gasteiger partial charge in [0, 0.05) is 65.6 Å². The van der Waals surface area contributed by atoms with Crippen LogP contribution in [0.15, 0.2) is 53.7 Å². The highest BCUT2D eigenvalue weighted by Gasteiger charge is 2.19. The molecule has 0 radical (unpaired) electrons. The van der Waals surface area contributed by atoms with Crippen molar-refractivity contribution in [3.8, 4) is 0 Å². The summed E-state index contributed by atoms with van der Waals surface area (Å²) in [5.41, 5.74) is 2.64. The van der Waals surface area contributed by atoms with Crippen molar-refractivity contribution in [1.82, 2.24) is 20.1 Å². The number of benzene rings is 1. The van der Waals surface area contributed by atoms with Crippen LogP contribution in [0.2, 0.25) is 0 Å². The number of aliphatic imine (C=N–C) groups is 1. The average Bonchev–Trinajstić information content (AvgIpc) is 2.82. The molecule has 1 aromatic carbocycles. The largest absolute Gasteiger partial charge is 0.357 e. The lowest BCUT2D eigenvalue weighted by molar-refractivity contribution is 0.172. The smallest absolute Gasteiger partial charge is 0.194 e. The van der Waals surface area contributed by atoms with E-state index >= 15 is 0 Å². The Morgan fingerprint density at radius 1 is 0.935 bits per heavy atom. The highest BCUT2D eigenvalue weighted by molar-refractivity contribution is 14.0. The molecule has 31 heavy (non-hydrogen) atoms. The van der Waals surface area contributed by atoms with Crippen LogP contribution in [0.25, 0.3) is 0 Å². The first-order valence-corrected chi connectivity index (χ1v) is 11.2. The van der Waals surface area contributed by atoms with Crippen LogP contribution in [-0.4, -0.2) is 67.1 Å². The Bertz CT molecular complexity index is 814. The van der Waals surface area contributed by atoms with Crippen LogP contribution in [0.5, 0.6) is 0 Å². The van der Waals surface area contributed by atoms with E-state index in [1.807, 2.05) is 13.2 Å². The van der Waals surface area contributed by atoms with Gasteiger partial charge in [-0.2, -0.15) is 0 Å². The van der Waals surface area contributed by atoms with Crippen molar-refractivity contribution in [3.05, 3.63) is 59.8 Å². The molecule has 2 aliphatic rings. The zero-order valence-corrected chi connectivity index (χ0v) is 20.9. The summed E-state index contributed by atoms with van der Waals surface area (Å²) in [6.45, 7) is 8.17. The quantitative estimate of drug-likeness (QED) is 0.361. The van der Waals surface area contributed by atoms with Crippen LogP contribution in [-0.2, 0) is 13.1 Å². The summed E-state index contributed by atoms with van der Waals surface area (Å²) in [6, 6.07) is 15.1. The van der Waals surface area contributed by atoms with Gasteiger partial charge in [-0.15, -0.1) is 24.0 Å². The first-order chi connectivity index (χ1) is 14.8. The Labute approximate surface area is 203 Å². The summed E-state index contributed by atoms with van der Waals surface area (Å²) in [4.78, 5) is 16.4. The van der Waals surface area contributed by atoms with E-state index in [2.05, 4.69) is 72.5 Å². The fraction of sp³-hybridized carbons (Fsp3) is 0.500. The normalized spacial score (nSPS) is 17.9. The molecule has 3 heterocycles. The minimum atomic E-state index is 0. The molecule has 4 rings (SSSR count). The lowest BCUT2D eigenvalue weighted by Crippen LogP contribution is -2.52. The number of nitrogens with zero attached hydrogens (tertiary/aromatic N) is 5. The van der Waals surface area contributed by atoms with Crippen molar-refractivity contribution in [2.45, 2.75) is 32.4 Å². The van der Waals surface area contributed by atoms with Gasteiger partial charge in [-0.25, -0.2) is 4.98 Å². The Balaban J connectivity index is 0.00000272. The number of piperazine rings is 1. The van der Waals surface area contributed by atoms with E-state index in [0.29, 0.717) is 0 Å². The van der Waals surface area contributed by atoms with Gasteiger partial charge < -0.3 is 15.1 Å². The second-order valence-electron chi connectivity index (χ2n) is 8.22. The van der Waals surface area contributed by atoms with Crippen molar-refractivity contribution >= 4 is 35.8 Å². The van der Waals surface area contributed by atoms with Crippen molar-refractivity contribution in [3.63, 3.8) is 0 Å². The maximum absolute atomic E-state index is 4.59. The maximum Gasteiger partial charge on any atom is 0.194 e. The van der Waals surface area contributed by atoms with Gasteiger partial charge in [0.2, 0.25) is 0 Å². The first-order valence-electron chi connectivity index (χ1n) is 11.2. The van der Waals surface area contributed by atoms with Crippen LogP contribution < -0.4 is 10.2 Å². The molecule has 168 valence electrons. The number of rotatable bonds is 5. The second kappa shape index (κ2) is 12.2. The summed E-state index contributed by atoms with van der Waals surface area (Å²) in [5, 5.41) is 3.56. The lowest BCUT2D eigenvalue weighted by atomic mass is 10.1. The molecular formula is C24H35IN6. The Kier molecular flexibility index (Phi) is 9.39. The van der Waals surface area contributed by atoms with Crippen molar-refractivity contribution in [2.24, 2.45) is 4.99 Å². The number of piperidine rings is 1. The van der Waals surface area contributed by atoms with Crippen molar-refractivity contribution in [1.29, 1.82) is 0 Å². The molecule has 0 unspecified atom stereocenters. The van der Waals surface area contributed by atoms with Crippen molar-refractivity contribution in [2.75, 3.05) is 51.2 Å². The number of hydrogen-bond donors (Lipinski definition) is 1. The predicted molar refractivity (Wildman–Crippen MR) is 139 cm³/mol. The zero-order chi connectivity index (χ0) is 20.6. The average molecular weight is 534 g/mol. The van der Waals surface area contributed by atoms with E-state index in [-0.39, 0.29) is 24.0 Å². The van der Waals surface area contributed by atoms with Gasteiger partial charge in [-0.3, -0.25) is 9.89 Å². The van der Waals surface area contributed by atoms with E-state index in [0.717, 1.165) is 64.1 Å². The van der Waals surface area contributed by atoms with Crippen LogP contribution in [0.4, 0.5) is 5.82 Å². The Morgan fingerprint density at radius 2 is 1.68 bits per heavy atom. The lowest BCUT2D eigenvalue weighted by Gasteiger charge is -2.36. The van der Waals surface area contributed by atoms with Gasteiger partial charge in [-0.05, 0) is 42.5 Å². The van der Waals surface area contributed by atoms with Crippen molar-refractivity contribution < 1.29 is 0 Å². The fourth-order valence-corrected chi connectivity index (χ4v) is 4.34. The molecule has 2 aliphatic heterocycles. The SMILES string of the molecule is CN=C(NCc1ccnc(N2CCCCC2)c1)N1CCN(Cc2ccccc2)CC1.I. The highest BCUT2D eigenvalue weighted by Crippen LogP contribution is 2.18. The molecule has 0 amide bonds. The molecular weight excluding hydrogens is 499 g/mol. The number of nitrogens with one attached hydrogen (secondary N) is 1. The summed E-state index contributed by atoms with van der Waals surface area (Å²) in [7, 11) is 1.88. The van der Waals surface area contributed by atoms with Gasteiger partial charge >= 0.3 is 0 Å². The molecule has 0 saturated carbocycles. The van der Waals surface area contributed by atoms with Gasteiger partial charge in [0.1, 0.15) is 5.82 Å². The second-order valence-corrected chi connectivity index (χ2v) is 8.22. The number of pyridine rings is 1. The molecule has 6 nitrogen and oxygen atoms in total. The van der Waals surface area contributed by atoms with Gasteiger partial charge in [0.15, 0.2) is 5.96 Å². The van der Waals surface area contributed by atoms with Crippen LogP contribution in [0.1, 0.15) is 30.4 Å². The first kappa shape index (κ1) is 23.8. The standard InChI is InChI=1S/C24H34N6.HI/c1-25-24(30-16-14-28(15-17-30)20-21-8-4-2-5-9-21)27-19-22-10-11-26-23(18-22)29-12-6-3-7-13-29;/h2,4-5,8-11,18H,3,6-7,12-17,19-20H2,1H3,(H,25,27);1H. The number of anilines is 1. The summed E-state index contributed by atoms with van der Waals surface area (Å²) >= 11 is 0. The van der Waals surface area contributed by atoms with Crippen LogP contribution in [0, 0.1) is 0 Å². The molecule has 0 atom stereocenters. The molecule has 1 N–H and O–H groups in total. The molecule has 2 saturated heterocycles. The molecule has 7 heteroatoms. The van der Waals surface area contributed by atoms with Gasteiger partial charge in [0.25, 0.3) is 0 Å². The molecule has 0 bridgehead atoms. The third-order valence-electron chi connectivity index (χ3n) is 6.07. The third kappa shape index (κ3) is 6.80. The fourth-order valence-electron chi connectivity index (χ4n) is 4.34. The Hall–Kier alpha value is -1.87.